The number of aryl methyl sites for hydroxylation is 1. The molecule has 0 saturated heterocycles. The Bertz CT molecular complexity index is 738. The van der Waals surface area contributed by atoms with Gasteiger partial charge in [0.25, 0.3) is 5.56 Å². The van der Waals surface area contributed by atoms with Crippen molar-refractivity contribution in [3.8, 4) is 11.3 Å². The summed E-state index contributed by atoms with van der Waals surface area (Å²) in [5, 5.41) is 0.624. The lowest BCUT2D eigenvalue weighted by atomic mass is 10.1. The minimum atomic E-state index is -0.551. The molecule has 0 atom stereocenters. The summed E-state index contributed by atoms with van der Waals surface area (Å²) in [5.74, 6) is 0.0413. The van der Waals surface area contributed by atoms with Crippen molar-refractivity contribution in [1.82, 2.24) is 9.55 Å². The summed E-state index contributed by atoms with van der Waals surface area (Å²) >= 11 is 5.89. The largest absolute Gasteiger partial charge is 0.368 e. The number of unbranched alkanes of at least 4 members (excludes halogenated alkanes) is 2. The Hall–Kier alpha value is -2.14. The van der Waals surface area contributed by atoms with Crippen LogP contribution in [0, 0.1) is 0 Å². The number of benzene rings is 1. The number of carbonyl (C=O) groups excluding carboxylic acids is 1. The van der Waals surface area contributed by atoms with Crippen molar-refractivity contribution in [3.05, 3.63) is 51.5 Å². The number of nitrogens with two attached hydrogens (primary N) is 1. The molecule has 2 aromatic rings. The topological polar surface area (TPSA) is 78.0 Å². The van der Waals surface area contributed by atoms with Gasteiger partial charge in [0, 0.05) is 23.1 Å². The molecule has 6 heteroatoms. The quantitative estimate of drug-likeness (QED) is 0.791. The van der Waals surface area contributed by atoms with Crippen LogP contribution >= 0.6 is 11.6 Å². The Morgan fingerprint density at radius 2 is 1.96 bits per heavy atom. The van der Waals surface area contributed by atoms with Gasteiger partial charge in [0.1, 0.15) is 12.4 Å². The Morgan fingerprint density at radius 3 is 2.57 bits per heavy atom. The molecule has 5 nitrogen and oxygen atoms in total. The van der Waals surface area contributed by atoms with E-state index >= 15 is 0 Å². The number of nitrogens with zero attached hydrogens (tertiary/aromatic N) is 2. The zero-order chi connectivity index (χ0) is 16.8. The summed E-state index contributed by atoms with van der Waals surface area (Å²) in [7, 11) is 0. The van der Waals surface area contributed by atoms with Gasteiger partial charge < -0.3 is 5.73 Å². The molecule has 2 rings (SSSR count). The number of hydrogen-bond acceptors (Lipinski definition) is 3. The van der Waals surface area contributed by atoms with Gasteiger partial charge in [-0.05, 0) is 18.6 Å². The van der Waals surface area contributed by atoms with Crippen molar-refractivity contribution in [1.29, 1.82) is 0 Å². The predicted molar refractivity (Wildman–Crippen MR) is 91.4 cm³/mol. The van der Waals surface area contributed by atoms with Gasteiger partial charge in [-0.1, -0.05) is 43.5 Å². The Labute approximate surface area is 140 Å². The molecule has 1 aromatic heterocycles. The highest BCUT2D eigenvalue weighted by Crippen LogP contribution is 2.19. The molecule has 0 unspecified atom stereocenters. The monoisotopic (exact) mass is 333 g/mol. The first-order valence-electron chi connectivity index (χ1n) is 7.66. The zero-order valence-electron chi connectivity index (χ0n) is 13.1. The van der Waals surface area contributed by atoms with E-state index in [0.717, 1.165) is 24.8 Å². The second kappa shape index (κ2) is 7.92. The van der Waals surface area contributed by atoms with Gasteiger partial charge in [-0.25, -0.2) is 4.98 Å². The van der Waals surface area contributed by atoms with E-state index < -0.39 is 5.91 Å². The van der Waals surface area contributed by atoms with Gasteiger partial charge in [-0.15, -0.1) is 0 Å². The lowest BCUT2D eigenvalue weighted by molar-refractivity contribution is -0.118. The Morgan fingerprint density at radius 1 is 1.26 bits per heavy atom. The SMILES string of the molecule is CCCCCc1nc(-c2ccc(Cl)cc2)cc(=O)n1CC(N)=O. The fourth-order valence-corrected chi connectivity index (χ4v) is 2.50. The molecule has 1 heterocycles. The van der Waals surface area contributed by atoms with Crippen LogP contribution in [0.2, 0.25) is 5.02 Å². The molecular weight excluding hydrogens is 314 g/mol. The van der Waals surface area contributed by atoms with E-state index in [2.05, 4.69) is 11.9 Å². The molecule has 1 aromatic carbocycles. The molecule has 0 saturated carbocycles. The number of primary amides is 1. The van der Waals surface area contributed by atoms with Crippen molar-refractivity contribution < 1.29 is 4.79 Å². The third-order valence-corrected chi connectivity index (χ3v) is 3.80. The molecule has 0 bridgehead atoms. The highest BCUT2D eigenvalue weighted by molar-refractivity contribution is 6.30. The minimum Gasteiger partial charge on any atom is -0.368 e. The fraction of sp³-hybridized carbons (Fsp3) is 0.353. The first-order valence-corrected chi connectivity index (χ1v) is 8.04. The maximum Gasteiger partial charge on any atom is 0.254 e. The van der Waals surface area contributed by atoms with Crippen LogP contribution < -0.4 is 11.3 Å². The zero-order valence-corrected chi connectivity index (χ0v) is 13.8. The van der Waals surface area contributed by atoms with Crippen LogP contribution in [0.5, 0.6) is 0 Å². The number of rotatable bonds is 7. The van der Waals surface area contributed by atoms with Gasteiger partial charge in [-0.3, -0.25) is 14.2 Å². The van der Waals surface area contributed by atoms with Crippen molar-refractivity contribution in [2.45, 2.75) is 39.2 Å². The number of amides is 1. The van der Waals surface area contributed by atoms with Crippen LogP contribution in [0.1, 0.15) is 32.0 Å². The van der Waals surface area contributed by atoms with E-state index in [-0.39, 0.29) is 12.1 Å². The van der Waals surface area contributed by atoms with E-state index in [0.29, 0.717) is 23.0 Å². The van der Waals surface area contributed by atoms with E-state index in [4.69, 9.17) is 17.3 Å². The lowest BCUT2D eigenvalue weighted by Crippen LogP contribution is -2.31. The first kappa shape index (κ1) is 17.2. The molecule has 0 fully saturated rings. The summed E-state index contributed by atoms with van der Waals surface area (Å²) in [5.41, 5.74) is 6.37. The molecule has 0 aliphatic rings. The molecule has 122 valence electrons. The molecule has 0 spiro atoms. The molecule has 0 aliphatic carbocycles. The minimum absolute atomic E-state index is 0.145. The Balaban J connectivity index is 2.43. The average molecular weight is 334 g/mol. The number of hydrogen-bond donors (Lipinski definition) is 1. The third-order valence-electron chi connectivity index (χ3n) is 3.55. The van der Waals surface area contributed by atoms with Crippen LogP contribution in [-0.4, -0.2) is 15.5 Å². The smallest absolute Gasteiger partial charge is 0.254 e. The summed E-state index contributed by atoms with van der Waals surface area (Å²) in [6.07, 6.45) is 3.65. The standard InChI is InChI=1S/C17H20ClN3O2/c1-2-3-4-5-16-20-14(12-6-8-13(18)9-7-12)10-17(23)21(16)11-15(19)22/h6-10H,2-5,11H2,1H3,(H2,19,22). The van der Waals surface area contributed by atoms with Crippen LogP contribution in [0.3, 0.4) is 0 Å². The number of carbonyl (C=O) groups is 1. The molecule has 23 heavy (non-hydrogen) atoms. The fourth-order valence-electron chi connectivity index (χ4n) is 2.37. The summed E-state index contributed by atoms with van der Waals surface area (Å²) in [4.78, 5) is 28.1. The summed E-state index contributed by atoms with van der Waals surface area (Å²) in [6.45, 7) is 1.96. The maximum absolute atomic E-state index is 12.4. The van der Waals surface area contributed by atoms with Crippen LogP contribution in [0.15, 0.2) is 35.1 Å². The second-order valence-corrected chi connectivity index (χ2v) is 5.85. The highest BCUT2D eigenvalue weighted by atomic mass is 35.5. The van der Waals surface area contributed by atoms with Gasteiger partial charge in [0.2, 0.25) is 5.91 Å². The van der Waals surface area contributed by atoms with Crippen molar-refractivity contribution in [2.24, 2.45) is 5.73 Å². The second-order valence-electron chi connectivity index (χ2n) is 5.41. The average Bonchev–Trinajstić information content (AvgIpc) is 2.51. The van der Waals surface area contributed by atoms with Gasteiger partial charge >= 0.3 is 0 Å². The summed E-state index contributed by atoms with van der Waals surface area (Å²) < 4.78 is 1.36. The normalized spacial score (nSPS) is 10.7. The number of halogens is 1. The predicted octanol–water partition coefficient (Wildman–Crippen LogP) is 2.78. The van der Waals surface area contributed by atoms with Crippen LogP contribution in [0.25, 0.3) is 11.3 Å². The highest BCUT2D eigenvalue weighted by Gasteiger charge is 2.12. The van der Waals surface area contributed by atoms with E-state index in [1.165, 1.54) is 10.6 Å². The van der Waals surface area contributed by atoms with Crippen molar-refractivity contribution in [3.63, 3.8) is 0 Å². The van der Waals surface area contributed by atoms with Gasteiger partial charge in [0.05, 0.1) is 5.69 Å². The van der Waals surface area contributed by atoms with E-state index in [1.54, 1.807) is 12.1 Å². The number of aromatic nitrogens is 2. The van der Waals surface area contributed by atoms with E-state index in [1.807, 2.05) is 12.1 Å². The van der Waals surface area contributed by atoms with Crippen molar-refractivity contribution >= 4 is 17.5 Å². The van der Waals surface area contributed by atoms with Crippen molar-refractivity contribution in [2.75, 3.05) is 0 Å². The van der Waals surface area contributed by atoms with Gasteiger partial charge in [0.15, 0.2) is 0 Å². The van der Waals surface area contributed by atoms with Crippen LogP contribution in [0.4, 0.5) is 0 Å². The third kappa shape index (κ3) is 4.66. The molecule has 0 aliphatic heterocycles. The van der Waals surface area contributed by atoms with Gasteiger partial charge in [-0.2, -0.15) is 0 Å². The van der Waals surface area contributed by atoms with E-state index in [9.17, 15) is 9.59 Å². The summed E-state index contributed by atoms with van der Waals surface area (Å²) in [6, 6.07) is 8.57. The molecular formula is C17H20ClN3O2. The first-order chi connectivity index (χ1) is 11.0. The molecule has 0 radical (unpaired) electrons. The lowest BCUT2D eigenvalue weighted by Gasteiger charge is -2.12. The Kier molecular flexibility index (Phi) is 5.93. The van der Waals surface area contributed by atoms with Crippen LogP contribution in [-0.2, 0) is 17.8 Å². The molecule has 2 N–H and O–H groups in total. The maximum atomic E-state index is 12.4. The molecule has 1 amide bonds.